The van der Waals surface area contributed by atoms with Crippen LogP contribution in [0.15, 0.2) is 24.2 Å². The third-order valence-corrected chi connectivity index (χ3v) is 1.51. The molecule has 1 fully saturated rings. The fraction of sp³-hybridized carbons (Fsp3) is 0.556. The molecule has 0 atom stereocenters. The van der Waals surface area contributed by atoms with E-state index in [-0.39, 0.29) is 0 Å². The molecule has 0 saturated carbocycles. The normalized spacial score (nSPS) is 21.2. The molecule has 0 spiro atoms. The molecule has 62 valence electrons. The second-order valence-electron chi connectivity index (χ2n) is 2.48. The SMILES string of the molecule is C=C1OCCO/C1=C\CCC. The van der Waals surface area contributed by atoms with Crippen LogP contribution in [0.4, 0.5) is 0 Å². The van der Waals surface area contributed by atoms with E-state index in [1.165, 1.54) is 0 Å². The van der Waals surface area contributed by atoms with Gasteiger partial charge in [0, 0.05) is 0 Å². The molecule has 0 aromatic carbocycles. The van der Waals surface area contributed by atoms with Gasteiger partial charge < -0.3 is 9.47 Å². The van der Waals surface area contributed by atoms with Crippen molar-refractivity contribution in [2.45, 2.75) is 19.8 Å². The number of hydrogen-bond donors (Lipinski definition) is 0. The fourth-order valence-electron chi connectivity index (χ4n) is 0.916. The van der Waals surface area contributed by atoms with Crippen molar-refractivity contribution in [3.63, 3.8) is 0 Å². The van der Waals surface area contributed by atoms with Gasteiger partial charge in [-0.05, 0) is 12.5 Å². The fourth-order valence-corrected chi connectivity index (χ4v) is 0.916. The van der Waals surface area contributed by atoms with Gasteiger partial charge in [-0.3, -0.25) is 0 Å². The van der Waals surface area contributed by atoms with Crippen molar-refractivity contribution in [3.05, 3.63) is 24.2 Å². The first-order valence-corrected chi connectivity index (χ1v) is 3.99. The second kappa shape index (κ2) is 4.06. The molecule has 1 saturated heterocycles. The average Bonchev–Trinajstić information content (AvgIpc) is 2.03. The number of ether oxygens (including phenoxy) is 2. The van der Waals surface area contributed by atoms with Crippen molar-refractivity contribution >= 4 is 0 Å². The maximum Gasteiger partial charge on any atom is 0.156 e. The first-order chi connectivity index (χ1) is 5.34. The Labute approximate surface area is 67.5 Å². The van der Waals surface area contributed by atoms with Gasteiger partial charge in [-0.25, -0.2) is 0 Å². The van der Waals surface area contributed by atoms with Gasteiger partial charge in [0.15, 0.2) is 11.5 Å². The molecule has 2 heteroatoms. The van der Waals surface area contributed by atoms with Crippen LogP contribution in [-0.4, -0.2) is 13.2 Å². The van der Waals surface area contributed by atoms with Crippen LogP contribution in [0.25, 0.3) is 0 Å². The van der Waals surface area contributed by atoms with E-state index in [4.69, 9.17) is 9.47 Å². The highest BCUT2D eigenvalue weighted by Gasteiger charge is 2.10. The molecule has 0 amide bonds. The minimum atomic E-state index is 0.627. The molecule has 1 aliphatic rings. The predicted octanol–water partition coefficient (Wildman–Crippen LogP) is 2.23. The zero-order valence-electron chi connectivity index (χ0n) is 6.93. The Morgan fingerprint density at radius 3 is 2.82 bits per heavy atom. The first kappa shape index (κ1) is 8.18. The number of allylic oxidation sites excluding steroid dienone is 1. The Hall–Kier alpha value is -0.920. The van der Waals surface area contributed by atoms with E-state index in [1.807, 2.05) is 6.08 Å². The summed E-state index contributed by atoms with van der Waals surface area (Å²) in [6.07, 6.45) is 4.18. The summed E-state index contributed by atoms with van der Waals surface area (Å²) in [5, 5.41) is 0. The zero-order valence-corrected chi connectivity index (χ0v) is 6.93. The van der Waals surface area contributed by atoms with E-state index in [2.05, 4.69) is 13.5 Å². The summed E-state index contributed by atoms with van der Waals surface area (Å²) in [6.45, 7) is 7.14. The minimum absolute atomic E-state index is 0.627. The molecule has 0 aromatic heterocycles. The summed E-state index contributed by atoms with van der Waals surface area (Å²) in [5.41, 5.74) is 0. The van der Waals surface area contributed by atoms with Crippen LogP contribution in [-0.2, 0) is 9.47 Å². The Morgan fingerprint density at radius 1 is 1.45 bits per heavy atom. The summed E-state index contributed by atoms with van der Waals surface area (Å²) < 4.78 is 10.5. The van der Waals surface area contributed by atoms with E-state index >= 15 is 0 Å². The van der Waals surface area contributed by atoms with Crippen molar-refractivity contribution < 1.29 is 9.47 Å². The summed E-state index contributed by atoms with van der Waals surface area (Å²) >= 11 is 0. The monoisotopic (exact) mass is 154 g/mol. The highest BCUT2D eigenvalue weighted by Crippen LogP contribution is 2.16. The second-order valence-corrected chi connectivity index (χ2v) is 2.48. The van der Waals surface area contributed by atoms with Gasteiger partial charge in [-0.1, -0.05) is 19.9 Å². The van der Waals surface area contributed by atoms with Gasteiger partial charge in [0.25, 0.3) is 0 Å². The van der Waals surface area contributed by atoms with Crippen LogP contribution in [0.2, 0.25) is 0 Å². The van der Waals surface area contributed by atoms with Gasteiger partial charge >= 0.3 is 0 Å². The van der Waals surface area contributed by atoms with Crippen LogP contribution in [0.3, 0.4) is 0 Å². The Morgan fingerprint density at radius 2 is 2.18 bits per heavy atom. The summed E-state index contributed by atoms with van der Waals surface area (Å²) in [5.74, 6) is 1.49. The van der Waals surface area contributed by atoms with Crippen molar-refractivity contribution in [1.29, 1.82) is 0 Å². The lowest BCUT2D eigenvalue weighted by molar-refractivity contribution is 0.0599. The standard InChI is InChI=1S/C9H14O2/c1-3-4-5-9-8(2)10-6-7-11-9/h5H,2-4,6-7H2,1H3/b9-5-. The summed E-state index contributed by atoms with van der Waals surface area (Å²) in [6, 6.07) is 0. The summed E-state index contributed by atoms with van der Waals surface area (Å²) in [4.78, 5) is 0. The largest absolute Gasteiger partial charge is 0.487 e. The van der Waals surface area contributed by atoms with Gasteiger partial charge in [-0.2, -0.15) is 0 Å². The van der Waals surface area contributed by atoms with Crippen LogP contribution in [0, 0.1) is 0 Å². The highest BCUT2D eigenvalue weighted by atomic mass is 16.6. The average molecular weight is 154 g/mol. The highest BCUT2D eigenvalue weighted by molar-refractivity contribution is 5.17. The van der Waals surface area contributed by atoms with Crippen LogP contribution in [0.1, 0.15) is 19.8 Å². The molecule has 11 heavy (non-hydrogen) atoms. The van der Waals surface area contributed by atoms with E-state index in [9.17, 15) is 0 Å². The number of unbranched alkanes of at least 4 members (excludes halogenated alkanes) is 1. The maximum absolute atomic E-state index is 5.33. The lowest BCUT2D eigenvalue weighted by Crippen LogP contribution is -2.13. The summed E-state index contributed by atoms with van der Waals surface area (Å²) in [7, 11) is 0. The van der Waals surface area contributed by atoms with Crippen molar-refractivity contribution in [1.82, 2.24) is 0 Å². The number of rotatable bonds is 2. The van der Waals surface area contributed by atoms with Gasteiger partial charge in [0.1, 0.15) is 13.2 Å². The smallest absolute Gasteiger partial charge is 0.156 e. The van der Waals surface area contributed by atoms with Crippen molar-refractivity contribution in [2.24, 2.45) is 0 Å². The maximum atomic E-state index is 5.33. The Kier molecular flexibility index (Phi) is 3.02. The molecule has 0 unspecified atom stereocenters. The molecule has 0 N–H and O–H groups in total. The molecular formula is C9H14O2. The van der Waals surface area contributed by atoms with E-state index in [1.54, 1.807) is 0 Å². The molecule has 0 radical (unpaired) electrons. The first-order valence-electron chi connectivity index (χ1n) is 3.99. The van der Waals surface area contributed by atoms with Gasteiger partial charge in [0.05, 0.1) is 0 Å². The third-order valence-electron chi connectivity index (χ3n) is 1.51. The Balaban J connectivity index is 2.47. The third kappa shape index (κ3) is 2.30. The molecule has 1 rings (SSSR count). The van der Waals surface area contributed by atoms with Crippen molar-refractivity contribution in [2.75, 3.05) is 13.2 Å². The van der Waals surface area contributed by atoms with E-state index in [0.717, 1.165) is 18.6 Å². The molecular weight excluding hydrogens is 140 g/mol. The predicted molar refractivity (Wildman–Crippen MR) is 44.0 cm³/mol. The number of hydrogen-bond acceptors (Lipinski definition) is 2. The lowest BCUT2D eigenvalue weighted by atomic mass is 10.3. The van der Waals surface area contributed by atoms with Crippen LogP contribution >= 0.6 is 0 Å². The molecule has 0 aromatic rings. The van der Waals surface area contributed by atoms with E-state index in [0.29, 0.717) is 19.0 Å². The quantitative estimate of drug-likeness (QED) is 0.607. The zero-order chi connectivity index (χ0) is 8.10. The molecule has 1 heterocycles. The molecule has 2 nitrogen and oxygen atoms in total. The molecule has 0 aliphatic carbocycles. The van der Waals surface area contributed by atoms with Crippen molar-refractivity contribution in [3.8, 4) is 0 Å². The van der Waals surface area contributed by atoms with Crippen LogP contribution < -0.4 is 0 Å². The molecule has 1 aliphatic heterocycles. The van der Waals surface area contributed by atoms with Gasteiger partial charge in [0.2, 0.25) is 0 Å². The minimum Gasteiger partial charge on any atom is -0.487 e. The molecule has 0 bridgehead atoms. The topological polar surface area (TPSA) is 18.5 Å². The lowest BCUT2D eigenvalue weighted by Gasteiger charge is -2.19. The Bertz CT molecular complexity index is 170. The van der Waals surface area contributed by atoms with Crippen LogP contribution in [0.5, 0.6) is 0 Å². The van der Waals surface area contributed by atoms with Gasteiger partial charge in [-0.15, -0.1) is 0 Å². The van der Waals surface area contributed by atoms with E-state index < -0.39 is 0 Å².